The van der Waals surface area contributed by atoms with Crippen molar-refractivity contribution in [1.29, 1.82) is 0 Å². The summed E-state index contributed by atoms with van der Waals surface area (Å²) in [5.74, 6) is 0.283. The maximum Gasteiger partial charge on any atom is 0.263 e. The lowest BCUT2D eigenvalue weighted by molar-refractivity contribution is -0.117. The fourth-order valence-electron chi connectivity index (χ4n) is 4.15. The van der Waals surface area contributed by atoms with Crippen LogP contribution in [0.1, 0.15) is 61.1 Å². The molecule has 1 fully saturated rings. The van der Waals surface area contributed by atoms with Crippen molar-refractivity contribution in [2.24, 2.45) is 10.7 Å². The number of nitrogens with one attached hydrogen (secondary N) is 1. The first-order valence-corrected chi connectivity index (χ1v) is 9.57. The molecule has 26 heavy (non-hydrogen) atoms. The van der Waals surface area contributed by atoms with Gasteiger partial charge >= 0.3 is 0 Å². The number of carbonyl (C=O) groups is 1. The lowest BCUT2D eigenvalue weighted by atomic mass is 9.85. The SMILES string of the molecule is NC1N=C(c2ccccc2C2CCCCCC2)c2ccccc2NC1=O. The molecule has 134 valence electrons. The molecule has 3 N–H and O–H groups in total. The van der Waals surface area contributed by atoms with Crippen LogP contribution in [0, 0.1) is 0 Å². The number of hydrogen-bond donors (Lipinski definition) is 2. The van der Waals surface area contributed by atoms with E-state index in [9.17, 15) is 4.79 Å². The van der Waals surface area contributed by atoms with E-state index in [2.05, 4.69) is 28.5 Å². The van der Waals surface area contributed by atoms with Crippen molar-refractivity contribution in [3.63, 3.8) is 0 Å². The summed E-state index contributed by atoms with van der Waals surface area (Å²) in [5, 5.41) is 2.90. The smallest absolute Gasteiger partial charge is 0.263 e. The minimum absolute atomic E-state index is 0.264. The molecule has 1 saturated carbocycles. The van der Waals surface area contributed by atoms with Gasteiger partial charge in [-0.05, 0) is 30.4 Å². The second-order valence-electron chi connectivity index (χ2n) is 7.23. The van der Waals surface area contributed by atoms with Gasteiger partial charge in [-0.25, -0.2) is 0 Å². The van der Waals surface area contributed by atoms with E-state index in [1.54, 1.807) is 0 Å². The number of fused-ring (bicyclic) bond motifs is 1. The van der Waals surface area contributed by atoms with E-state index in [4.69, 9.17) is 5.73 Å². The van der Waals surface area contributed by atoms with E-state index < -0.39 is 6.17 Å². The maximum atomic E-state index is 12.2. The molecule has 1 heterocycles. The first kappa shape index (κ1) is 17.0. The number of benzodiazepines with no additional fused rings is 1. The van der Waals surface area contributed by atoms with Gasteiger partial charge in [0.25, 0.3) is 5.91 Å². The molecule has 1 aliphatic carbocycles. The first-order chi connectivity index (χ1) is 12.7. The molecule has 2 aromatic rings. The van der Waals surface area contributed by atoms with Crippen LogP contribution in [0.15, 0.2) is 53.5 Å². The van der Waals surface area contributed by atoms with E-state index in [1.807, 2.05) is 30.3 Å². The van der Waals surface area contributed by atoms with Crippen molar-refractivity contribution >= 4 is 17.3 Å². The van der Waals surface area contributed by atoms with Crippen molar-refractivity contribution < 1.29 is 4.79 Å². The Balaban J connectivity index is 1.84. The third-order valence-electron chi connectivity index (χ3n) is 5.49. The molecule has 4 rings (SSSR count). The van der Waals surface area contributed by atoms with Gasteiger partial charge in [-0.2, -0.15) is 0 Å². The lowest BCUT2D eigenvalue weighted by Gasteiger charge is -2.20. The molecule has 0 radical (unpaired) electrons. The van der Waals surface area contributed by atoms with Gasteiger partial charge in [-0.3, -0.25) is 9.79 Å². The van der Waals surface area contributed by atoms with Crippen LogP contribution in [-0.4, -0.2) is 17.8 Å². The molecular formula is C22H25N3O. The molecule has 0 bridgehead atoms. The zero-order valence-corrected chi connectivity index (χ0v) is 14.9. The Kier molecular flexibility index (Phi) is 4.85. The Labute approximate surface area is 154 Å². The van der Waals surface area contributed by atoms with Crippen LogP contribution < -0.4 is 11.1 Å². The Morgan fingerprint density at radius 1 is 0.885 bits per heavy atom. The third-order valence-corrected chi connectivity index (χ3v) is 5.49. The summed E-state index contributed by atoms with van der Waals surface area (Å²) in [7, 11) is 0. The number of rotatable bonds is 2. The van der Waals surface area contributed by atoms with Gasteiger partial charge in [-0.1, -0.05) is 68.1 Å². The Bertz CT molecular complexity index is 835. The summed E-state index contributed by atoms with van der Waals surface area (Å²) in [4.78, 5) is 16.9. The Hall–Kier alpha value is -2.46. The molecule has 0 saturated heterocycles. The molecule has 4 heteroatoms. The van der Waals surface area contributed by atoms with Crippen LogP contribution in [0.25, 0.3) is 0 Å². The second-order valence-corrected chi connectivity index (χ2v) is 7.23. The molecule has 2 aliphatic rings. The van der Waals surface area contributed by atoms with Gasteiger partial charge in [-0.15, -0.1) is 0 Å². The average Bonchev–Trinajstić information content (AvgIpc) is 3.01. The Morgan fingerprint density at radius 2 is 1.54 bits per heavy atom. The number of hydrogen-bond acceptors (Lipinski definition) is 3. The summed E-state index contributed by atoms with van der Waals surface area (Å²) < 4.78 is 0. The zero-order valence-electron chi connectivity index (χ0n) is 14.9. The number of para-hydroxylation sites is 1. The van der Waals surface area contributed by atoms with Crippen LogP contribution in [0.2, 0.25) is 0 Å². The predicted octanol–water partition coefficient (Wildman–Crippen LogP) is 4.20. The quantitative estimate of drug-likeness (QED) is 0.800. The molecule has 1 atom stereocenters. The standard InChI is InChI=1S/C22H25N3O/c23-21-22(26)24-19-14-8-7-13-18(19)20(25-21)17-12-6-5-11-16(17)15-9-3-1-2-4-10-15/h5-8,11-15,21H,1-4,9-10,23H2,(H,24,26). The van der Waals surface area contributed by atoms with Gasteiger partial charge in [0.2, 0.25) is 0 Å². The third kappa shape index (κ3) is 3.29. The highest BCUT2D eigenvalue weighted by Gasteiger charge is 2.26. The van der Waals surface area contributed by atoms with Crippen LogP contribution in [0.3, 0.4) is 0 Å². The molecule has 1 amide bonds. The van der Waals surface area contributed by atoms with E-state index in [-0.39, 0.29) is 5.91 Å². The molecule has 1 unspecified atom stereocenters. The molecule has 0 aromatic heterocycles. The number of nitrogens with two attached hydrogens (primary N) is 1. The molecular weight excluding hydrogens is 322 g/mol. The van der Waals surface area contributed by atoms with Gasteiger partial charge in [0.15, 0.2) is 6.17 Å². The monoisotopic (exact) mass is 347 g/mol. The molecule has 1 aliphatic heterocycles. The first-order valence-electron chi connectivity index (χ1n) is 9.57. The van der Waals surface area contributed by atoms with E-state index in [1.165, 1.54) is 44.1 Å². The van der Waals surface area contributed by atoms with Gasteiger partial charge < -0.3 is 11.1 Å². The predicted molar refractivity (Wildman–Crippen MR) is 106 cm³/mol. The topological polar surface area (TPSA) is 67.5 Å². The molecule has 0 spiro atoms. The number of benzene rings is 2. The number of nitrogens with zero attached hydrogens (tertiary/aromatic N) is 1. The fraction of sp³-hybridized carbons (Fsp3) is 0.364. The summed E-state index contributed by atoms with van der Waals surface area (Å²) in [5.41, 5.74) is 11.0. The highest BCUT2D eigenvalue weighted by Crippen LogP contribution is 2.35. The Morgan fingerprint density at radius 3 is 2.31 bits per heavy atom. The zero-order chi connectivity index (χ0) is 17.9. The minimum atomic E-state index is -0.889. The average molecular weight is 347 g/mol. The summed E-state index contributed by atoms with van der Waals surface area (Å²) in [6.45, 7) is 0. The largest absolute Gasteiger partial charge is 0.322 e. The van der Waals surface area contributed by atoms with Crippen molar-refractivity contribution in [3.05, 3.63) is 65.2 Å². The summed E-state index contributed by atoms with van der Waals surface area (Å²) >= 11 is 0. The number of carbonyl (C=O) groups excluding carboxylic acids is 1. The van der Waals surface area contributed by atoms with E-state index in [0.717, 1.165) is 22.5 Å². The van der Waals surface area contributed by atoms with Crippen molar-refractivity contribution in [2.45, 2.75) is 50.6 Å². The van der Waals surface area contributed by atoms with Crippen LogP contribution in [-0.2, 0) is 4.79 Å². The highest BCUT2D eigenvalue weighted by molar-refractivity contribution is 6.20. The number of aliphatic imine (C=N–C) groups is 1. The van der Waals surface area contributed by atoms with Crippen LogP contribution in [0.5, 0.6) is 0 Å². The van der Waals surface area contributed by atoms with Crippen molar-refractivity contribution in [3.8, 4) is 0 Å². The molecule has 4 nitrogen and oxygen atoms in total. The number of amides is 1. The summed E-state index contributed by atoms with van der Waals surface area (Å²) in [6, 6.07) is 16.3. The van der Waals surface area contributed by atoms with Gasteiger partial charge in [0.1, 0.15) is 0 Å². The second kappa shape index (κ2) is 7.42. The van der Waals surface area contributed by atoms with Crippen LogP contribution in [0.4, 0.5) is 5.69 Å². The normalized spacial score (nSPS) is 21.2. The molecule has 2 aromatic carbocycles. The maximum absolute atomic E-state index is 12.2. The van der Waals surface area contributed by atoms with Gasteiger partial charge in [0.05, 0.1) is 11.4 Å². The van der Waals surface area contributed by atoms with Gasteiger partial charge in [0, 0.05) is 11.1 Å². The van der Waals surface area contributed by atoms with E-state index >= 15 is 0 Å². The number of anilines is 1. The minimum Gasteiger partial charge on any atom is -0.322 e. The van der Waals surface area contributed by atoms with Crippen LogP contribution >= 0.6 is 0 Å². The lowest BCUT2D eigenvalue weighted by Crippen LogP contribution is -2.33. The van der Waals surface area contributed by atoms with Crippen molar-refractivity contribution in [1.82, 2.24) is 0 Å². The highest BCUT2D eigenvalue weighted by atomic mass is 16.2. The fourth-order valence-corrected chi connectivity index (χ4v) is 4.15. The van der Waals surface area contributed by atoms with E-state index in [0.29, 0.717) is 5.92 Å². The summed E-state index contributed by atoms with van der Waals surface area (Å²) in [6.07, 6.45) is 6.75. The van der Waals surface area contributed by atoms with Crippen molar-refractivity contribution in [2.75, 3.05) is 5.32 Å².